The number of nitrogens with one attached hydrogen (secondary N) is 1. The highest BCUT2D eigenvalue weighted by molar-refractivity contribution is 5.79. The number of hydrogen-bond acceptors (Lipinski definition) is 2. The second-order valence-electron chi connectivity index (χ2n) is 5.01. The van der Waals surface area contributed by atoms with Crippen LogP contribution in [0.5, 0.6) is 0 Å². The molecule has 0 aromatic carbocycles. The highest BCUT2D eigenvalue weighted by Gasteiger charge is 2.24. The molecule has 0 aliphatic heterocycles. The molecule has 0 aromatic rings. The van der Waals surface area contributed by atoms with Crippen molar-refractivity contribution >= 4 is 5.96 Å². The van der Waals surface area contributed by atoms with Gasteiger partial charge in [-0.3, -0.25) is 10.4 Å². The average molecular weight is 226 g/mol. The van der Waals surface area contributed by atoms with Gasteiger partial charge in [0, 0.05) is 19.6 Å². The van der Waals surface area contributed by atoms with Gasteiger partial charge in [-0.2, -0.15) is 0 Å². The second kappa shape index (κ2) is 6.74. The van der Waals surface area contributed by atoms with Gasteiger partial charge in [-0.05, 0) is 25.2 Å². The third-order valence-corrected chi connectivity index (χ3v) is 3.33. The van der Waals surface area contributed by atoms with Gasteiger partial charge in [0.15, 0.2) is 0 Å². The lowest BCUT2D eigenvalue weighted by Gasteiger charge is -2.31. The predicted octanol–water partition coefficient (Wildman–Crippen LogP) is 1.73. The van der Waals surface area contributed by atoms with Crippen LogP contribution in [-0.4, -0.2) is 30.5 Å². The van der Waals surface area contributed by atoms with Crippen LogP contribution in [0.2, 0.25) is 0 Å². The topological polar surface area (TPSA) is 53.6 Å². The van der Waals surface area contributed by atoms with E-state index < -0.39 is 0 Å². The van der Waals surface area contributed by atoms with Crippen LogP contribution >= 0.6 is 0 Å². The third kappa shape index (κ3) is 3.67. The summed E-state index contributed by atoms with van der Waals surface area (Å²) in [5, 5.41) is 0. The maximum Gasteiger partial charge on any atom is 0.208 e. The van der Waals surface area contributed by atoms with E-state index in [1.807, 2.05) is 0 Å². The van der Waals surface area contributed by atoms with E-state index in [1.54, 1.807) is 7.05 Å². The molecule has 0 spiro atoms. The molecule has 0 unspecified atom stereocenters. The van der Waals surface area contributed by atoms with E-state index in [0.29, 0.717) is 6.04 Å². The first kappa shape index (κ1) is 13.3. The fourth-order valence-corrected chi connectivity index (χ4v) is 2.35. The SMILES string of the molecule is CN=C(NN)N(CCC(C)C)C1CCCC1. The van der Waals surface area contributed by atoms with Crippen molar-refractivity contribution in [1.82, 2.24) is 10.3 Å². The van der Waals surface area contributed by atoms with Gasteiger partial charge < -0.3 is 4.90 Å². The van der Waals surface area contributed by atoms with Crippen LogP contribution in [0.3, 0.4) is 0 Å². The molecule has 4 heteroatoms. The minimum absolute atomic E-state index is 0.633. The van der Waals surface area contributed by atoms with Gasteiger partial charge in [-0.25, -0.2) is 5.84 Å². The van der Waals surface area contributed by atoms with Crippen LogP contribution in [-0.2, 0) is 0 Å². The van der Waals surface area contributed by atoms with E-state index in [1.165, 1.54) is 32.1 Å². The average Bonchev–Trinajstić information content (AvgIpc) is 2.77. The summed E-state index contributed by atoms with van der Waals surface area (Å²) in [5.74, 6) is 7.10. The predicted molar refractivity (Wildman–Crippen MR) is 69.1 cm³/mol. The van der Waals surface area contributed by atoms with E-state index in [0.717, 1.165) is 18.4 Å². The molecule has 0 aromatic heterocycles. The maximum absolute atomic E-state index is 5.54. The molecule has 0 heterocycles. The van der Waals surface area contributed by atoms with E-state index in [9.17, 15) is 0 Å². The van der Waals surface area contributed by atoms with Gasteiger partial charge in [0.05, 0.1) is 0 Å². The normalized spacial score (nSPS) is 18.2. The molecule has 1 aliphatic carbocycles. The monoisotopic (exact) mass is 226 g/mol. The smallest absolute Gasteiger partial charge is 0.208 e. The van der Waals surface area contributed by atoms with Crippen molar-refractivity contribution in [2.75, 3.05) is 13.6 Å². The molecule has 94 valence electrons. The van der Waals surface area contributed by atoms with Crippen LogP contribution in [0.25, 0.3) is 0 Å². The Morgan fingerprint density at radius 3 is 2.50 bits per heavy atom. The third-order valence-electron chi connectivity index (χ3n) is 3.33. The van der Waals surface area contributed by atoms with Crippen molar-refractivity contribution in [3.8, 4) is 0 Å². The van der Waals surface area contributed by atoms with Crippen LogP contribution in [0, 0.1) is 5.92 Å². The number of guanidine groups is 1. The summed E-state index contributed by atoms with van der Waals surface area (Å²) < 4.78 is 0. The quantitative estimate of drug-likeness (QED) is 0.332. The molecule has 3 N–H and O–H groups in total. The first-order valence-electron chi connectivity index (χ1n) is 6.39. The molecule has 1 saturated carbocycles. The largest absolute Gasteiger partial charge is 0.339 e. The Bertz CT molecular complexity index is 219. The van der Waals surface area contributed by atoms with Gasteiger partial charge in [-0.1, -0.05) is 26.7 Å². The van der Waals surface area contributed by atoms with E-state index >= 15 is 0 Å². The molecular weight excluding hydrogens is 200 g/mol. The van der Waals surface area contributed by atoms with Crippen molar-refractivity contribution in [2.24, 2.45) is 16.8 Å². The molecule has 0 atom stereocenters. The Labute approximate surface area is 99.3 Å². The van der Waals surface area contributed by atoms with Crippen molar-refractivity contribution in [1.29, 1.82) is 0 Å². The molecule has 4 nitrogen and oxygen atoms in total. The Morgan fingerprint density at radius 2 is 2.06 bits per heavy atom. The molecular formula is C12H26N4. The zero-order valence-corrected chi connectivity index (χ0v) is 10.9. The molecule has 16 heavy (non-hydrogen) atoms. The van der Waals surface area contributed by atoms with Gasteiger partial charge in [-0.15, -0.1) is 0 Å². The summed E-state index contributed by atoms with van der Waals surface area (Å²) in [4.78, 5) is 6.59. The van der Waals surface area contributed by atoms with Crippen LogP contribution in [0.15, 0.2) is 4.99 Å². The lowest BCUT2D eigenvalue weighted by molar-refractivity contribution is 0.287. The maximum atomic E-state index is 5.54. The first-order chi connectivity index (χ1) is 7.69. The lowest BCUT2D eigenvalue weighted by atomic mass is 10.1. The molecule has 1 fully saturated rings. The summed E-state index contributed by atoms with van der Waals surface area (Å²) in [6, 6.07) is 0.633. The summed E-state index contributed by atoms with van der Waals surface area (Å²) in [7, 11) is 1.80. The minimum atomic E-state index is 0.633. The highest BCUT2D eigenvalue weighted by atomic mass is 15.4. The van der Waals surface area contributed by atoms with Crippen molar-refractivity contribution in [3.63, 3.8) is 0 Å². The number of nitrogens with zero attached hydrogens (tertiary/aromatic N) is 2. The zero-order chi connectivity index (χ0) is 12.0. The number of nitrogens with two attached hydrogens (primary N) is 1. The Hall–Kier alpha value is -0.770. The van der Waals surface area contributed by atoms with Crippen molar-refractivity contribution in [2.45, 2.75) is 52.0 Å². The molecule has 1 aliphatic rings. The van der Waals surface area contributed by atoms with E-state index in [2.05, 4.69) is 29.2 Å². The Kier molecular flexibility index (Phi) is 5.60. The van der Waals surface area contributed by atoms with Gasteiger partial charge in [0.2, 0.25) is 5.96 Å². The molecule has 0 amide bonds. The van der Waals surface area contributed by atoms with Crippen LogP contribution in [0.4, 0.5) is 0 Å². The zero-order valence-electron chi connectivity index (χ0n) is 10.9. The summed E-state index contributed by atoms with van der Waals surface area (Å²) in [6.07, 6.45) is 6.42. The van der Waals surface area contributed by atoms with Gasteiger partial charge in [0.1, 0.15) is 0 Å². The second-order valence-corrected chi connectivity index (χ2v) is 5.01. The van der Waals surface area contributed by atoms with Gasteiger partial charge >= 0.3 is 0 Å². The fraction of sp³-hybridized carbons (Fsp3) is 0.917. The highest BCUT2D eigenvalue weighted by Crippen LogP contribution is 2.24. The molecule has 0 bridgehead atoms. The minimum Gasteiger partial charge on any atom is -0.339 e. The van der Waals surface area contributed by atoms with Gasteiger partial charge in [0.25, 0.3) is 0 Å². The fourth-order valence-electron chi connectivity index (χ4n) is 2.35. The Balaban J connectivity index is 2.60. The number of hydrogen-bond donors (Lipinski definition) is 2. The molecule has 1 rings (SSSR count). The van der Waals surface area contributed by atoms with E-state index in [4.69, 9.17) is 5.84 Å². The van der Waals surface area contributed by atoms with Crippen LogP contribution < -0.4 is 11.3 Å². The lowest BCUT2D eigenvalue weighted by Crippen LogP contribution is -2.49. The molecule has 0 saturated heterocycles. The summed E-state index contributed by atoms with van der Waals surface area (Å²) >= 11 is 0. The summed E-state index contributed by atoms with van der Waals surface area (Å²) in [5.41, 5.74) is 2.73. The summed E-state index contributed by atoms with van der Waals surface area (Å²) in [6.45, 7) is 5.57. The van der Waals surface area contributed by atoms with E-state index in [-0.39, 0.29) is 0 Å². The van der Waals surface area contributed by atoms with Crippen LogP contribution in [0.1, 0.15) is 46.0 Å². The number of aliphatic imine (C=N–C) groups is 1. The number of hydrazine groups is 1. The first-order valence-corrected chi connectivity index (χ1v) is 6.39. The van der Waals surface area contributed by atoms with Crippen molar-refractivity contribution in [3.05, 3.63) is 0 Å². The number of rotatable bonds is 4. The standard InChI is InChI=1S/C12H26N4/c1-10(2)8-9-16(12(14-3)15-13)11-6-4-5-7-11/h10-11H,4-9,13H2,1-3H3,(H,14,15). The van der Waals surface area contributed by atoms with Crippen molar-refractivity contribution < 1.29 is 0 Å². The Morgan fingerprint density at radius 1 is 1.44 bits per heavy atom. The molecule has 0 radical (unpaired) electrons.